The van der Waals surface area contributed by atoms with Crippen molar-refractivity contribution in [2.45, 2.75) is 46.1 Å². The SMILES string of the molecule is CCOc1ccccc1CNC(=O)c1ccc(C)nc1C1CCN(C(=O)Nc2ccc(OC)cc2C)CC1. The van der Waals surface area contributed by atoms with Gasteiger partial charge in [-0.15, -0.1) is 0 Å². The summed E-state index contributed by atoms with van der Waals surface area (Å²) in [5, 5.41) is 6.05. The van der Waals surface area contributed by atoms with Crippen LogP contribution in [-0.2, 0) is 6.54 Å². The lowest BCUT2D eigenvalue weighted by Gasteiger charge is -2.32. The van der Waals surface area contributed by atoms with Gasteiger partial charge in [-0.1, -0.05) is 18.2 Å². The standard InChI is InChI=1S/C30H36N4O4/c1-5-38-27-9-7-6-8-23(27)19-31-29(35)25-12-10-21(3)32-28(25)22-14-16-34(17-15-22)30(36)33-26-13-11-24(37-4)18-20(26)2/h6-13,18,22H,5,14-17,19H2,1-4H3,(H,31,35)(H,33,36). The second-order valence-corrected chi connectivity index (χ2v) is 9.48. The van der Waals surface area contributed by atoms with Crippen molar-refractivity contribution in [1.82, 2.24) is 15.2 Å². The van der Waals surface area contributed by atoms with E-state index in [4.69, 9.17) is 14.5 Å². The zero-order valence-electron chi connectivity index (χ0n) is 22.5. The Hall–Kier alpha value is -4.07. The average molecular weight is 517 g/mol. The predicted molar refractivity (Wildman–Crippen MR) is 148 cm³/mol. The van der Waals surface area contributed by atoms with Crippen LogP contribution in [0.25, 0.3) is 0 Å². The van der Waals surface area contributed by atoms with Crippen molar-refractivity contribution in [1.29, 1.82) is 0 Å². The Bertz CT molecular complexity index is 1280. The number of aryl methyl sites for hydroxylation is 2. The molecule has 3 aromatic rings. The first-order valence-corrected chi connectivity index (χ1v) is 13.1. The van der Waals surface area contributed by atoms with E-state index >= 15 is 0 Å². The molecule has 1 aliphatic rings. The van der Waals surface area contributed by atoms with Crippen LogP contribution in [-0.4, -0.2) is 48.6 Å². The van der Waals surface area contributed by atoms with Gasteiger partial charge >= 0.3 is 6.03 Å². The van der Waals surface area contributed by atoms with Gasteiger partial charge in [0.25, 0.3) is 5.91 Å². The summed E-state index contributed by atoms with van der Waals surface area (Å²) in [6, 6.07) is 16.9. The number of carbonyl (C=O) groups is 2. The maximum absolute atomic E-state index is 13.2. The highest BCUT2D eigenvalue weighted by molar-refractivity contribution is 5.95. The van der Waals surface area contributed by atoms with Crippen LogP contribution in [0.3, 0.4) is 0 Å². The van der Waals surface area contributed by atoms with Crippen molar-refractivity contribution in [3.63, 3.8) is 0 Å². The van der Waals surface area contributed by atoms with Crippen molar-refractivity contribution >= 4 is 17.6 Å². The fraction of sp³-hybridized carbons (Fsp3) is 0.367. The zero-order chi connectivity index (χ0) is 27.1. The van der Waals surface area contributed by atoms with E-state index in [1.54, 1.807) is 7.11 Å². The Labute approximate surface area is 224 Å². The molecule has 1 aromatic heterocycles. The molecular weight excluding hydrogens is 480 g/mol. The lowest BCUT2D eigenvalue weighted by Crippen LogP contribution is -2.41. The Morgan fingerprint density at radius 2 is 1.82 bits per heavy atom. The molecule has 1 fully saturated rings. The number of rotatable bonds is 8. The van der Waals surface area contributed by atoms with Crippen LogP contribution in [0.2, 0.25) is 0 Å². The van der Waals surface area contributed by atoms with Gasteiger partial charge in [0.1, 0.15) is 11.5 Å². The number of urea groups is 1. The molecule has 4 rings (SSSR count). The Kier molecular flexibility index (Phi) is 8.84. The molecule has 0 bridgehead atoms. The molecule has 1 aliphatic heterocycles. The van der Waals surface area contributed by atoms with Gasteiger partial charge in [0, 0.05) is 42.5 Å². The molecule has 3 amide bonds. The number of nitrogens with zero attached hydrogens (tertiary/aromatic N) is 2. The highest BCUT2D eigenvalue weighted by atomic mass is 16.5. The van der Waals surface area contributed by atoms with E-state index in [1.165, 1.54) is 0 Å². The summed E-state index contributed by atoms with van der Waals surface area (Å²) in [7, 11) is 1.62. The van der Waals surface area contributed by atoms with Crippen LogP contribution in [0, 0.1) is 13.8 Å². The van der Waals surface area contributed by atoms with Crippen molar-refractivity contribution in [2.75, 3.05) is 32.1 Å². The molecule has 0 atom stereocenters. The van der Waals surface area contributed by atoms with E-state index < -0.39 is 0 Å². The highest BCUT2D eigenvalue weighted by Crippen LogP contribution is 2.30. The number of pyridine rings is 1. The minimum Gasteiger partial charge on any atom is -0.497 e. The third-order valence-electron chi connectivity index (χ3n) is 6.86. The van der Waals surface area contributed by atoms with Crippen LogP contribution < -0.4 is 20.1 Å². The smallest absolute Gasteiger partial charge is 0.321 e. The summed E-state index contributed by atoms with van der Waals surface area (Å²) >= 11 is 0. The van der Waals surface area contributed by atoms with E-state index in [2.05, 4.69) is 10.6 Å². The van der Waals surface area contributed by atoms with E-state index in [-0.39, 0.29) is 17.9 Å². The molecule has 2 aromatic carbocycles. The van der Waals surface area contributed by atoms with Gasteiger partial charge < -0.3 is 25.0 Å². The minimum atomic E-state index is -0.158. The molecule has 2 heterocycles. The van der Waals surface area contributed by atoms with Crippen LogP contribution in [0.5, 0.6) is 11.5 Å². The number of ether oxygens (including phenoxy) is 2. The number of anilines is 1. The molecule has 200 valence electrons. The maximum atomic E-state index is 13.2. The molecular formula is C30H36N4O4. The average Bonchev–Trinajstić information content (AvgIpc) is 2.93. The largest absolute Gasteiger partial charge is 0.497 e. The first-order valence-electron chi connectivity index (χ1n) is 13.1. The summed E-state index contributed by atoms with van der Waals surface area (Å²) in [4.78, 5) is 32.8. The van der Waals surface area contributed by atoms with Crippen LogP contribution in [0.4, 0.5) is 10.5 Å². The van der Waals surface area contributed by atoms with Crippen LogP contribution in [0.15, 0.2) is 54.6 Å². The molecule has 0 spiro atoms. The van der Waals surface area contributed by atoms with Crippen molar-refractivity contribution < 1.29 is 19.1 Å². The topological polar surface area (TPSA) is 92.8 Å². The van der Waals surface area contributed by atoms with E-state index in [0.29, 0.717) is 31.8 Å². The summed E-state index contributed by atoms with van der Waals surface area (Å²) in [6.07, 6.45) is 1.47. The van der Waals surface area contributed by atoms with Gasteiger partial charge in [-0.2, -0.15) is 0 Å². The van der Waals surface area contributed by atoms with Crippen LogP contribution >= 0.6 is 0 Å². The van der Waals surface area contributed by atoms with Gasteiger partial charge in [-0.05, 0) is 75.6 Å². The number of aromatic nitrogens is 1. The quantitative estimate of drug-likeness (QED) is 0.416. The summed E-state index contributed by atoms with van der Waals surface area (Å²) in [5.74, 6) is 1.46. The van der Waals surface area contributed by atoms with Crippen LogP contribution in [0.1, 0.15) is 58.6 Å². The Balaban J connectivity index is 1.40. The van der Waals surface area contributed by atoms with E-state index in [1.807, 2.05) is 80.3 Å². The second-order valence-electron chi connectivity index (χ2n) is 9.48. The Morgan fingerprint density at radius 1 is 1.05 bits per heavy atom. The third kappa shape index (κ3) is 6.43. The number of carbonyl (C=O) groups excluding carboxylic acids is 2. The molecule has 1 saturated heterocycles. The number of methoxy groups -OCH3 is 1. The third-order valence-corrected chi connectivity index (χ3v) is 6.86. The van der Waals surface area contributed by atoms with E-state index in [0.717, 1.165) is 52.5 Å². The Morgan fingerprint density at radius 3 is 2.53 bits per heavy atom. The molecule has 2 N–H and O–H groups in total. The molecule has 0 saturated carbocycles. The number of nitrogens with one attached hydrogen (secondary N) is 2. The van der Waals surface area contributed by atoms with E-state index in [9.17, 15) is 9.59 Å². The highest BCUT2D eigenvalue weighted by Gasteiger charge is 2.28. The fourth-order valence-electron chi connectivity index (χ4n) is 4.75. The van der Waals surface area contributed by atoms with Gasteiger partial charge in [0.2, 0.25) is 0 Å². The predicted octanol–water partition coefficient (Wildman–Crippen LogP) is 5.45. The molecule has 8 nitrogen and oxygen atoms in total. The first-order chi connectivity index (χ1) is 18.4. The lowest BCUT2D eigenvalue weighted by atomic mass is 9.90. The molecule has 0 unspecified atom stereocenters. The van der Waals surface area contributed by atoms with Gasteiger partial charge in [-0.3, -0.25) is 9.78 Å². The number of amides is 3. The molecule has 0 aliphatic carbocycles. The minimum absolute atomic E-state index is 0.0955. The summed E-state index contributed by atoms with van der Waals surface area (Å²) < 4.78 is 10.9. The number of hydrogen-bond donors (Lipinski definition) is 2. The monoisotopic (exact) mass is 516 g/mol. The maximum Gasteiger partial charge on any atom is 0.321 e. The number of likely N-dealkylation sites (tertiary alicyclic amines) is 1. The number of piperidine rings is 1. The van der Waals surface area contributed by atoms with Crippen molar-refractivity contribution in [3.05, 3.63) is 82.7 Å². The summed E-state index contributed by atoms with van der Waals surface area (Å²) in [5.41, 5.74) is 4.89. The number of para-hydroxylation sites is 1. The van der Waals surface area contributed by atoms with Crippen molar-refractivity contribution in [2.24, 2.45) is 0 Å². The molecule has 38 heavy (non-hydrogen) atoms. The molecule has 0 radical (unpaired) electrons. The van der Waals surface area contributed by atoms with Gasteiger partial charge in [0.05, 0.1) is 25.0 Å². The van der Waals surface area contributed by atoms with Gasteiger partial charge in [-0.25, -0.2) is 4.79 Å². The number of hydrogen-bond acceptors (Lipinski definition) is 5. The zero-order valence-corrected chi connectivity index (χ0v) is 22.5. The lowest BCUT2D eigenvalue weighted by molar-refractivity contribution is 0.0947. The van der Waals surface area contributed by atoms with Crippen molar-refractivity contribution in [3.8, 4) is 11.5 Å². The first kappa shape index (κ1) is 27.0. The van der Waals surface area contributed by atoms with Gasteiger partial charge in [0.15, 0.2) is 0 Å². The number of benzene rings is 2. The molecule has 8 heteroatoms. The second kappa shape index (κ2) is 12.4. The fourth-order valence-corrected chi connectivity index (χ4v) is 4.75. The normalized spacial score (nSPS) is 13.6. The summed E-state index contributed by atoms with van der Waals surface area (Å²) in [6.45, 7) is 7.92.